The maximum absolute atomic E-state index is 13.4. The summed E-state index contributed by atoms with van der Waals surface area (Å²) >= 11 is 14.2. The number of halogens is 2. The minimum atomic E-state index is -0.667. The Morgan fingerprint density at radius 1 is 0.882 bits per heavy atom. The van der Waals surface area contributed by atoms with Gasteiger partial charge in [0.2, 0.25) is 0 Å². The van der Waals surface area contributed by atoms with Gasteiger partial charge in [-0.3, -0.25) is 14.6 Å². The molecule has 3 N–H and O–H groups in total. The van der Waals surface area contributed by atoms with Crippen LogP contribution in [0.3, 0.4) is 0 Å². The second kappa shape index (κ2) is 10.3. The number of hydrogen-bond acceptors (Lipinski definition) is 4. The van der Waals surface area contributed by atoms with E-state index in [9.17, 15) is 9.59 Å². The summed E-state index contributed by atoms with van der Waals surface area (Å²) in [4.78, 5) is 30.8. The Morgan fingerprint density at radius 3 is 2.41 bits per heavy atom. The van der Waals surface area contributed by atoms with Gasteiger partial charge in [0, 0.05) is 27.9 Å². The number of aromatic nitrogens is 1. The molecule has 4 rings (SSSR count). The van der Waals surface area contributed by atoms with E-state index < -0.39 is 5.91 Å². The molecule has 0 unspecified atom stereocenters. The van der Waals surface area contributed by atoms with Crippen molar-refractivity contribution in [3.05, 3.63) is 100 Å². The molecule has 0 bridgehead atoms. The van der Waals surface area contributed by atoms with E-state index in [0.717, 1.165) is 4.90 Å². The van der Waals surface area contributed by atoms with E-state index in [1.54, 1.807) is 48.7 Å². The summed E-state index contributed by atoms with van der Waals surface area (Å²) in [5.74, 6) is -1.02. The lowest BCUT2D eigenvalue weighted by atomic mass is 9.94. The lowest BCUT2D eigenvalue weighted by Crippen LogP contribution is -2.16. The van der Waals surface area contributed by atoms with Crippen LogP contribution in [0, 0.1) is 0 Å². The van der Waals surface area contributed by atoms with E-state index in [1.807, 2.05) is 36.6 Å². The molecule has 0 spiro atoms. The van der Waals surface area contributed by atoms with E-state index in [-0.39, 0.29) is 16.5 Å². The van der Waals surface area contributed by atoms with Crippen molar-refractivity contribution >= 4 is 52.5 Å². The first-order valence-electron chi connectivity index (χ1n) is 10.2. The number of primary amides is 1. The molecule has 0 aliphatic heterocycles. The molecule has 5 nitrogen and oxygen atoms in total. The summed E-state index contributed by atoms with van der Waals surface area (Å²) in [6.07, 6.45) is 3.61. The maximum atomic E-state index is 13.4. The topological polar surface area (TPSA) is 85.1 Å². The largest absolute Gasteiger partial charge is 0.366 e. The average Bonchev–Trinajstić information content (AvgIpc) is 2.85. The number of anilines is 1. The summed E-state index contributed by atoms with van der Waals surface area (Å²) in [6.45, 7) is 0. The first kappa shape index (κ1) is 23.8. The van der Waals surface area contributed by atoms with Crippen molar-refractivity contribution in [3.63, 3.8) is 0 Å². The molecule has 3 aromatic carbocycles. The van der Waals surface area contributed by atoms with Crippen molar-refractivity contribution < 1.29 is 9.59 Å². The smallest absolute Gasteiger partial charge is 0.256 e. The lowest BCUT2D eigenvalue weighted by molar-refractivity contribution is 0.0997. The van der Waals surface area contributed by atoms with Crippen molar-refractivity contribution in [3.8, 4) is 22.4 Å². The van der Waals surface area contributed by atoms with Crippen LogP contribution in [0.15, 0.2) is 83.9 Å². The number of thioether (sulfide) groups is 1. The van der Waals surface area contributed by atoms with Crippen LogP contribution in [0.1, 0.15) is 20.7 Å². The Balaban J connectivity index is 1.77. The van der Waals surface area contributed by atoms with Crippen molar-refractivity contribution in [1.29, 1.82) is 0 Å². The first-order chi connectivity index (χ1) is 16.4. The molecule has 170 valence electrons. The summed E-state index contributed by atoms with van der Waals surface area (Å²) < 4.78 is 0. The molecule has 4 aromatic rings. The van der Waals surface area contributed by atoms with Gasteiger partial charge < -0.3 is 11.1 Å². The fourth-order valence-corrected chi connectivity index (χ4v) is 4.51. The van der Waals surface area contributed by atoms with Crippen LogP contribution < -0.4 is 11.1 Å². The van der Waals surface area contributed by atoms with Crippen molar-refractivity contribution in [2.75, 3.05) is 11.6 Å². The summed E-state index contributed by atoms with van der Waals surface area (Å²) in [5, 5.41) is 3.67. The zero-order valence-electron chi connectivity index (χ0n) is 18.0. The Bertz CT molecular complexity index is 1390. The van der Waals surface area contributed by atoms with Gasteiger partial charge in [-0.15, -0.1) is 11.8 Å². The fraction of sp³-hybridized carbons (Fsp3) is 0.0385. The second-order valence-electron chi connectivity index (χ2n) is 7.30. The summed E-state index contributed by atoms with van der Waals surface area (Å²) in [6, 6.07) is 21.2. The zero-order valence-corrected chi connectivity index (χ0v) is 20.3. The number of carbonyl (C=O) groups excluding carboxylic acids is 2. The van der Waals surface area contributed by atoms with Gasteiger partial charge in [-0.05, 0) is 72.0 Å². The minimum absolute atomic E-state index is 0.167. The SMILES string of the molecule is CSc1ccc(C(=O)Nc2ccc(Cl)c(-c3ccccn3)c2)c(-c2cccc(Cl)c2C(N)=O)c1. The van der Waals surface area contributed by atoms with Crippen LogP contribution in [-0.4, -0.2) is 23.1 Å². The van der Waals surface area contributed by atoms with E-state index >= 15 is 0 Å². The molecular formula is C26H19Cl2N3O2S. The monoisotopic (exact) mass is 507 g/mol. The van der Waals surface area contributed by atoms with Crippen molar-refractivity contribution in [1.82, 2.24) is 4.98 Å². The Labute approximate surface area is 211 Å². The second-order valence-corrected chi connectivity index (χ2v) is 9.00. The van der Waals surface area contributed by atoms with Gasteiger partial charge >= 0.3 is 0 Å². The van der Waals surface area contributed by atoms with Crippen LogP contribution in [0.4, 0.5) is 5.69 Å². The molecule has 2 amide bonds. The zero-order chi connectivity index (χ0) is 24.2. The quantitative estimate of drug-likeness (QED) is 0.281. The van der Waals surface area contributed by atoms with Gasteiger partial charge in [0.25, 0.3) is 11.8 Å². The number of nitrogens with two attached hydrogens (primary N) is 1. The maximum Gasteiger partial charge on any atom is 0.256 e. The first-order valence-corrected chi connectivity index (χ1v) is 12.2. The van der Waals surface area contributed by atoms with E-state index in [2.05, 4.69) is 10.3 Å². The number of amides is 2. The fourth-order valence-electron chi connectivity index (χ4n) is 3.59. The van der Waals surface area contributed by atoms with Crippen molar-refractivity contribution in [2.45, 2.75) is 4.90 Å². The molecule has 0 aliphatic carbocycles. The van der Waals surface area contributed by atoms with Crippen LogP contribution in [0.2, 0.25) is 10.0 Å². The third kappa shape index (κ3) is 4.94. The molecule has 1 aromatic heterocycles. The van der Waals surface area contributed by atoms with Crippen LogP contribution in [0.5, 0.6) is 0 Å². The van der Waals surface area contributed by atoms with E-state index in [0.29, 0.717) is 38.7 Å². The molecular weight excluding hydrogens is 489 g/mol. The molecule has 0 saturated carbocycles. The molecule has 0 fully saturated rings. The highest BCUT2D eigenvalue weighted by molar-refractivity contribution is 7.98. The Morgan fingerprint density at radius 2 is 1.71 bits per heavy atom. The van der Waals surface area contributed by atoms with Gasteiger partial charge in [0.05, 0.1) is 21.3 Å². The predicted molar refractivity (Wildman–Crippen MR) is 140 cm³/mol. The molecule has 0 aliphatic rings. The normalized spacial score (nSPS) is 10.7. The molecule has 8 heteroatoms. The summed E-state index contributed by atoms with van der Waals surface area (Å²) in [7, 11) is 0. The van der Waals surface area contributed by atoms with Gasteiger partial charge in [-0.2, -0.15) is 0 Å². The van der Waals surface area contributed by atoms with E-state index in [1.165, 1.54) is 11.8 Å². The number of pyridine rings is 1. The minimum Gasteiger partial charge on any atom is -0.366 e. The van der Waals surface area contributed by atoms with Crippen LogP contribution in [0.25, 0.3) is 22.4 Å². The van der Waals surface area contributed by atoms with E-state index in [4.69, 9.17) is 28.9 Å². The van der Waals surface area contributed by atoms with Gasteiger partial charge in [-0.25, -0.2) is 0 Å². The Kier molecular flexibility index (Phi) is 7.22. The van der Waals surface area contributed by atoms with Gasteiger partial charge in [-0.1, -0.05) is 41.4 Å². The number of benzene rings is 3. The third-order valence-electron chi connectivity index (χ3n) is 5.19. The molecule has 0 radical (unpaired) electrons. The number of rotatable bonds is 6. The summed E-state index contributed by atoms with van der Waals surface area (Å²) in [5.41, 5.74) is 9.14. The number of nitrogens with one attached hydrogen (secondary N) is 1. The highest BCUT2D eigenvalue weighted by atomic mass is 35.5. The number of carbonyl (C=O) groups is 2. The molecule has 34 heavy (non-hydrogen) atoms. The molecule has 0 atom stereocenters. The lowest BCUT2D eigenvalue weighted by Gasteiger charge is -2.15. The standard InChI is InChI=1S/C26H19Cl2N3O2S/c1-34-16-9-10-18(19(14-16)17-5-4-6-22(28)24(17)25(29)32)26(33)31-15-8-11-21(27)20(13-15)23-7-2-3-12-30-23/h2-14H,1H3,(H2,29,32)(H,31,33). The third-order valence-corrected chi connectivity index (χ3v) is 6.56. The highest BCUT2D eigenvalue weighted by Crippen LogP contribution is 2.35. The van der Waals surface area contributed by atoms with Crippen LogP contribution in [-0.2, 0) is 0 Å². The van der Waals surface area contributed by atoms with Crippen molar-refractivity contribution in [2.24, 2.45) is 5.73 Å². The van der Waals surface area contributed by atoms with Gasteiger partial charge in [0.1, 0.15) is 0 Å². The van der Waals surface area contributed by atoms with Crippen LogP contribution >= 0.6 is 35.0 Å². The average molecular weight is 508 g/mol. The molecule has 1 heterocycles. The number of nitrogens with zero attached hydrogens (tertiary/aromatic N) is 1. The number of hydrogen-bond donors (Lipinski definition) is 2. The Hall–Kier alpha value is -3.32. The molecule has 0 saturated heterocycles. The predicted octanol–water partition coefficient (Wildman–Crippen LogP) is 6.80. The van der Waals surface area contributed by atoms with Gasteiger partial charge in [0.15, 0.2) is 0 Å². The highest BCUT2D eigenvalue weighted by Gasteiger charge is 2.20.